The van der Waals surface area contributed by atoms with Crippen molar-refractivity contribution >= 4 is 9.24 Å². The molecule has 4 heteroatoms. The van der Waals surface area contributed by atoms with Gasteiger partial charge in [-0.25, -0.2) is 0 Å². The largest absolute Gasteiger partial charge is 1.00 e. The molecule has 0 saturated heterocycles. The minimum absolute atomic E-state index is 0. The average Bonchev–Trinajstić information content (AvgIpc) is 0.918. The van der Waals surface area contributed by atoms with Crippen molar-refractivity contribution in [2.24, 2.45) is 0 Å². The minimum atomic E-state index is 0. The predicted molar refractivity (Wildman–Crippen MR) is 27.6 cm³/mol. The minimum Gasteiger partial charge on any atom is -1.00 e. The van der Waals surface area contributed by atoms with Crippen molar-refractivity contribution in [3.8, 4) is 0 Å². The van der Waals surface area contributed by atoms with Crippen LogP contribution in [0, 0.1) is 0 Å². The van der Waals surface area contributed by atoms with E-state index in [1.807, 2.05) is 9.24 Å². The van der Waals surface area contributed by atoms with Gasteiger partial charge in [0.15, 0.2) is 0 Å². The fourth-order valence-electron chi connectivity index (χ4n) is 0. The van der Waals surface area contributed by atoms with E-state index in [0.29, 0.717) is 0 Å². The molecule has 0 radical (unpaired) electrons. The van der Waals surface area contributed by atoms with E-state index in [-0.39, 0.29) is 40.1 Å². The molecule has 1 atom stereocenters. The van der Waals surface area contributed by atoms with Crippen LogP contribution >= 0.6 is 9.24 Å². The van der Waals surface area contributed by atoms with E-state index < -0.39 is 0 Å². The maximum Gasteiger partial charge on any atom is 0.0498 e. The molecular formula is C2H12Br2NP. The van der Waals surface area contributed by atoms with E-state index >= 15 is 0 Å². The Balaban J connectivity index is -0.00000000667. The number of hydrogen-bond acceptors (Lipinski definition) is 0. The molecule has 0 fully saturated rings. The average molecular weight is 241 g/mol. The van der Waals surface area contributed by atoms with Crippen LogP contribution in [0.3, 0.4) is 0 Å². The van der Waals surface area contributed by atoms with Crippen LogP contribution in [-0.4, -0.2) is 6.16 Å². The van der Waals surface area contributed by atoms with Gasteiger partial charge in [0, 0.05) is 6.16 Å². The lowest BCUT2D eigenvalue weighted by Crippen LogP contribution is -3.00. The first-order valence-corrected chi connectivity index (χ1v) is 2.21. The third-order valence-electron chi connectivity index (χ3n) is 0. The van der Waals surface area contributed by atoms with Gasteiger partial charge in [0.1, 0.15) is 0 Å². The molecule has 6 heavy (non-hydrogen) atoms. The zero-order chi connectivity index (χ0) is 2.71. The van der Waals surface area contributed by atoms with Crippen molar-refractivity contribution in [3.05, 3.63) is 0 Å². The molecule has 1 unspecified atom stereocenters. The molecule has 0 aromatic rings. The van der Waals surface area contributed by atoms with Gasteiger partial charge >= 0.3 is 0 Å². The molecule has 0 saturated carbocycles. The maximum absolute atomic E-state index is 2.14. The Morgan fingerprint density at radius 3 is 1.33 bits per heavy atom. The number of rotatable bonds is 0. The van der Waals surface area contributed by atoms with Crippen LogP contribution in [0.2, 0.25) is 0 Å². The van der Waals surface area contributed by atoms with Crippen LogP contribution < -0.4 is 40.1 Å². The Morgan fingerprint density at radius 2 is 1.33 bits per heavy atom. The third kappa shape index (κ3) is 55.5. The van der Waals surface area contributed by atoms with Gasteiger partial charge in [-0.05, 0) is 16.2 Å². The second kappa shape index (κ2) is 32.9. The summed E-state index contributed by atoms with van der Waals surface area (Å²) in [6, 6.07) is 0. The van der Waals surface area contributed by atoms with Crippen LogP contribution in [0.1, 0.15) is 6.92 Å². The summed E-state index contributed by atoms with van der Waals surface area (Å²) in [4.78, 5) is 0. The van der Waals surface area contributed by atoms with E-state index in [1.54, 1.807) is 0 Å². The van der Waals surface area contributed by atoms with Crippen molar-refractivity contribution in [1.29, 1.82) is 0 Å². The molecule has 0 spiro atoms. The Kier molecular flexibility index (Phi) is 145. The highest BCUT2D eigenvalue weighted by molar-refractivity contribution is 7.16. The zero-order valence-electron chi connectivity index (χ0n) is 4.17. The molecule has 0 heterocycles. The molecule has 44 valence electrons. The fraction of sp³-hybridized carbons (Fsp3) is 1.00. The lowest BCUT2D eigenvalue weighted by Gasteiger charge is -1.40. The molecule has 0 aliphatic carbocycles. The molecule has 0 amide bonds. The molecule has 0 aliphatic heterocycles. The van der Waals surface area contributed by atoms with E-state index in [2.05, 4.69) is 6.92 Å². The lowest BCUT2D eigenvalue weighted by molar-refractivity contribution is -0.00100. The van der Waals surface area contributed by atoms with Crippen LogP contribution in [0.5, 0.6) is 0 Å². The van der Waals surface area contributed by atoms with E-state index in [4.69, 9.17) is 0 Å². The van der Waals surface area contributed by atoms with Crippen molar-refractivity contribution in [2.75, 3.05) is 6.16 Å². The summed E-state index contributed by atoms with van der Waals surface area (Å²) in [7, 11) is 1.97. The van der Waals surface area contributed by atoms with E-state index in [1.165, 1.54) is 6.16 Å². The van der Waals surface area contributed by atoms with Crippen molar-refractivity contribution < 1.29 is 34.0 Å². The SMILES string of the molecule is CC[PH3+].[Br-].[Br-].[NH4+]. The van der Waals surface area contributed by atoms with Crippen LogP contribution in [-0.2, 0) is 0 Å². The maximum atomic E-state index is 2.14. The highest BCUT2D eigenvalue weighted by atomic mass is 79.9. The van der Waals surface area contributed by atoms with E-state index in [0.717, 1.165) is 0 Å². The molecule has 0 aromatic carbocycles. The van der Waals surface area contributed by atoms with Gasteiger partial charge in [-0.2, -0.15) is 0 Å². The Labute approximate surface area is 62.6 Å². The fourth-order valence-corrected chi connectivity index (χ4v) is 0. The summed E-state index contributed by atoms with van der Waals surface area (Å²) in [5.74, 6) is 0. The zero-order valence-corrected chi connectivity index (χ0v) is 8.76. The molecule has 0 rings (SSSR count). The first-order valence-electron chi connectivity index (χ1n) is 1.21. The highest BCUT2D eigenvalue weighted by Crippen LogP contribution is 1.68. The molecule has 1 nitrogen and oxygen atoms in total. The molecule has 0 aliphatic rings. The van der Waals surface area contributed by atoms with Gasteiger partial charge in [-0.1, -0.05) is 0 Å². The first-order chi connectivity index (χ1) is 1.41. The summed E-state index contributed by atoms with van der Waals surface area (Å²) in [6.07, 6.45) is 1.28. The summed E-state index contributed by atoms with van der Waals surface area (Å²) in [5, 5.41) is 0. The van der Waals surface area contributed by atoms with Gasteiger partial charge in [-0.15, -0.1) is 0 Å². The molecule has 0 bridgehead atoms. The predicted octanol–water partition coefficient (Wildman–Crippen LogP) is -5.00. The normalized spacial score (nSPS) is 3.50. The van der Waals surface area contributed by atoms with Crippen molar-refractivity contribution in [3.63, 3.8) is 0 Å². The summed E-state index contributed by atoms with van der Waals surface area (Å²) < 4.78 is 0. The van der Waals surface area contributed by atoms with Crippen LogP contribution in [0.4, 0.5) is 0 Å². The number of halogens is 2. The molecule has 4 N–H and O–H groups in total. The number of hydrogen-bond donors (Lipinski definition) is 1. The quantitative estimate of drug-likeness (QED) is 0.412. The molecule has 0 aromatic heterocycles. The van der Waals surface area contributed by atoms with Gasteiger partial charge in [0.2, 0.25) is 0 Å². The monoisotopic (exact) mass is 239 g/mol. The number of quaternary nitrogens is 1. The first kappa shape index (κ1) is 26.4. The second-order valence-corrected chi connectivity index (χ2v) is 1.50. The van der Waals surface area contributed by atoms with Crippen molar-refractivity contribution in [2.45, 2.75) is 6.92 Å². The summed E-state index contributed by atoms with van der Waals surface area (Å²) >= 11 is 0. The third-order valence-corrected chi connectivity index (χ3v) is 0. The molecular weight excluding hydrogens is 229 g/mol. The Morgan fingerprint density at radius 1 is 1.33 bits per heavy atom. The summed E-state index contributed by atoms with van der Waals surface area (Å²) in [5.41, 5.74) is 0. The topological polar surface area (TPSA) is 36.5 Å². The highest BCUT2D eigenvalue weighted by Gasteiger charge is 1.43. The van der Waals surface area contributed by atoms with E-state index in [9.17, 15) is 0 Å². The van der Waals surface area contributed by atoms with Crippen LogP contribution in [0.25, 0.3) is 0 Å². The smallest absolute Gasteiger partial charge is 0.0498 e. The van der Waals surface area contributed by atoms with Gasteiger partial charge in [0.25, 0.3) is 0 Å². The van der Waals surface area contributed by atoms with Gasteiger partial charge in [0.05, 0.1) is 0 Å². The lowest BCUT2D eigenvalue weighted by atomic mass is 11.0. The standard InChI is InChI=1S/C2H7P.2BrH.H3N/c1-2-3;;;/h2-3H2,1H3;2*1H;1H3. The summed E-state index contributed by atoms with van der Waals surface area (Å²) in [6.45, 7) is 2.14. The van der Waals surface area contributed by atoms with Crippen LogP contribution in [0.15, 0.2) is 0 Å². The van der Waals surface area contributed by atoms with Gasteiger partial charge in [-0.3, -0.25) is 0 Å². The Bertz CT molecular complexity index is 11.5. The second-order valence-electron chi connectivity index (χ2n) is 0.500. The van der Waals surface area contributed by atoms with Crippen molar-refractivity contribution in [1.82, 2.24) is 6.15 Å². The Hall–Kier alpha value is 1.35. The van der Waals surface area contributed by atoms with Gasteiger partial charge < -0.3 is 40.1 Å².